The molecule has 2 heterocycles. The van der Waals surface area contributed by atoms with Crippen molar-refractivity contribution in [2.75, 3.05) is 0 Å². The maximum absolute atomic E-state index is 10.9. The van der Waals surface area contributed by atoms with Crippen LogP contribution in [0.25, 0.3) is 0 Å². The van der Waals surface area contributed by atoms with Crippen molar-refractivity contribution in [3.63, 3.8) is 0 Å². The normalized spacial score (nSPS) is 14.4. The molecular weight excluding hydrogens is 182 g/mol. The molecule has 0 bridgehead atoms. The highest BCUT2D eigenvalue weighted by molar-refractivity contribution is 6.35. The summed E-state index contributed by atoms with van der Waals surface area (Å²) in [7, 11) is 0. The second kappa shape index (κ2) is 2.28. The van der Waals surface area contributed by atoms with E-state index in [-0.39, 0.29) is 16.3 Å². The Morgan fingerprint density at radius 3 is 2.75 bits per heavy atom. The van der Waals surface area contributed by atoms with Crippen molar-refractivity contribution in [2.24, 2.45) is 0 Å². The van der Waals surface area contributed by atoms with Crippen LogP contribution in [0.15, 0.2) is 12.3 Å². The van der Waals surface area contributed by atoms with Gasteiger partial charge in [-0.25, -0.2) is 14.6 Å². The van der Waals surface area contributed by atoms with Crippen molar-refractivity contribution in [1.82, 2.24) is 4.98 Å². The number of esters is 2. The molecule has 1 aromatic rings. The summed E-state index contributed by atoms with van der Waals surface area (Å²) in [6, 6.07) is 1.43. The molecule has 2 rings (SSSR count). The van der Waals surface area contributed by atoms with Crippen LogP contribution in [0.3, 0.4) is 0 Å². The Balaban J connectivity index is 2.75. The van der Waals surface area contributed by atoms with Gasteiger partial charge in [-0.3, -0.25) is 0 Å². The number of carbonyl (C=O) groups is 2. The maximum atomic E-state index is 10.9. The van der Waals surface area contributed by atoms with Gasteiger partial charge in [-0.2, -0.15) is 0 Å². The number of fused-ring (bicyclic) bond motifs is 1. The van der Waals surface area contributed by atoms with E-state index < -0.39 is 11.9 Å². The van der Waals surface area contributed by atoms with Crippen LogP contribution < -0.4 is 0 Å². The molecule has 0 amide bonds. The number of carbonyl (C=O) groups excluding carboxylic acids is 2. The molecule has 0 saturated carbocycles. The van der Waals surface area contributed by atoms with Crippen molar-refractivity contribution < 1.29 is 14.3 Å². The van der Waals surface area contributed by atoms with Crippen LogP contribution in [0.4, 0.5) is 0 Å². The molecule has 1 aliphatic heterocycles. The van der Waals surface area contributed by atoms with Gasteiger partial charge in [-0.1, -0.05) is 11.6 Å². The Hall–Kier alpha value is -1.42. The number of halogens is 1. The minimum absolute atomic E-state index is 0.00694. The first-order valence-corrected chi connectivity index (χ1v) is 3.49. The van der Waals surface area contributed by atoms with E-state index in [2.05, 4.69) is 9.72 Å². The summed E-state index contributed by atoms with van der Waals surface area (Å²) in [6.07, 6.45) is 1.35. The van der Waals surface area contributed by atoms with Gasteiger partial charge in [-0.05, 0) is 6.07 Å². The lowest BCUT2D eigenvalue weighted by molar-refractivity contribution is 0.0441. The zero-order valence-electron chi connectivity index (χ0n) is 5.70. The number of ether oxygens (including phenoxy) is 1. The molecule has 0 unspecified atom stereocenters. The molecule has 0 fully saturated rings. The van der Waals surface area contributed by atoms with E-state index in [9.17, 15) is 9.59 Å². The van der Waals surface area contributed by atoms with Crippen molar-refractivity contribution in [1.29, 1.82) is 0 Å². The van der Waals surface area contributed by atoms with Crippen LogP contribution in [0.1, 0.15) is 20.8 Å². The summed E-state index contributed by atoms with van der Waals surface area (Å²) >= 11 is 5.64. The summed E-state index contributed by atoms with van der Waals surface area (Å²) in [5, 5.41) is 0.191. The zero-order valence-corrected chi connectivity index (χ0v) is 6.46. The number of hydrogen-bond acceptors (Lipinski definition) is 4. The van der Waals surface area contributed by atoms with Crippen LogP contribution in [0, 0.1) is 0 Å². The molecule has 0 aliphatic carbocycles. The molecular formula is C7H2ClNO3. The largest absolute Gasteiger partial charge is 0.384 e. The average molecular weight is 184 g/mol. The second-order valence-corrected chi connectivity index (χ2v) is 2.60. The summed E-state index contributed by atoms with van der Waals surface area (Å²) in [6.45, 7) is 0. The summed E-state index contributed by atoms with van der Waals surface area (Å²) < 4.78 is 4.29. The van der Waals surface area contributed by atoms with E-state index >= 15 is 0 Å². The van der Waals surface area contributed by atoms with Gasteiger partial charge in [0.05, 0.1) is 5.02 Å². The molecule has 0 spiro atoms. The number of nitrogens with zero attached hydrogens (tertiary/aromatic N) is 1. The molecule has 1 aromatic heterocycles. The topological polar surface area (TPSA) is 56.3 Å². The molecule has 12 heavy (non-hydrogen) atoms. The molecule has 0 N–H and O–H groups in total. The van der Waals surface area contributed by atoms with E-state index in [0.29, 0.717) is 0 Å². The lowest BCUT2D eigenvalue weighted by Crippen LogP contribution is -1.97. The monoisotopic (exact) mass is 183 g/mol. The van der Waals surface area contributed by atoms with Crippen LogP contribution in [-0.2, 0) is 4.74 Å². The predicted molar refractivity (Wildman–Crippen MR) is 39.0 cm³/mol. The smallest absolute Gasteiger partial charge is 0.365 e. The molecule has 0 aromatic carbocycles. The minimum Gasteiger partial charge on any atom is -0.384 e. The zero-order chi connectivity index (χ0) is 8.72. The molecule has 5 heteroatoms. The minimum atomic E-state index is -0.738. The third-order valence-electron chi connectivity index (χ3n) is 1.48. The number of pyridine rings is 1. The van der Waals surface area contributed by atoms with Crippen LogP contribution in [-0.4, -0.2) is 16.9 Å². The SMILES string of the molecule is O=C1OC(=O)c2c(Cl)ccnc21. The molecule has 4 nitrogen and oxygen atoms in total. The second-order valence-electron chi connectivity index (χ2n) is 2.19. The molecule has 0 saturated heterocycles. The van der Waals surface area contributed by atoms with Gasteiger partial charge in [0.25, 0.3) is 0 Å². The van der Waals surface area contributed by atoms with Gasteiger partial charge in [0.1, 0.15) is 5.56 Å². The maximum Gasteiger partial charge on any atom is 0.365 e. The van der Waals surface area contributed by atoms with E-state index in [1.165, 1.54) is 12.3 Å². The Morgan fingerprint density at radius 1 is 1.33 bits per heavy atom. The quantitative estimate of drug-likeness (QED) is 0.446. The number of rotatable bonds is 0. The third-order valence-corrected chi connectivity index (χ3v) is 1.80. The molecule has 0 atom stereocenters. The van der Waals surface area contributed by atoms with E-state index in [1.807, 2.05) is 0 Å². The number of aromatic nitrogens is 1. The fourth-order valence-corrected chi connectivity index (χ4v) is 1.19. The average Bonchev–Trinajstić information content (AvgIpc) is 2.29. The Morgan fingerprint density at radius 2 is 2.08 bits per heavy atom. The van der Waals surface area contributed by atoms with Crippen molar-refractivity contribution >= 4 is 23.5 Å². The Labute approximate surface area is 72.1 Å². The van der Waals surface area contributed by atoms with Gasteiger partial charge < -0.3 is 4.74 Å². The lowest BCUT2D eigenvalue weighted by Gasteiger charge is -1.91. The number of cyclic esters (lactones) is 2. The Bertz CT molecular complexity index is 388. The molecule has 1 aliphatic rings. The summed E-state index contributed by atoms with van der Waals surface area (Å²) in [4.78, 5) is 25.5. The lowest BCUT2D eigenvalue weighted by atomic mass is 10.2. The van der Waals surface area contributed by atoms with E-state index in [1.54, 1.807) is 0 Å². The van der Waals surface area contributed by atoms with E-state index in [4.69, 9.17) is 11.6 Å². The first-order chi connectivity index (χ1) is 5.70. The van der Waals surface area contributed by atoms with Gasteiger partial charge in [0, 0.05) is 6.20 Å². The van der Waals surface area contributed by atoms with Crippen molar-refractivity contribution in [3.8, 4) is 0 Å². The molecule has 60 valence electrons. The van der Waals surface area contributed by atoms with Gasteiger partial charge in [-0.15, -0.1) is 0 Å². The highest BCUT2D eigenvalue weighted by atomic mass is 35.5. The van der Waals surface area contributed by atoms with Crippen LogP contribution in [0.2, 0.25) is 5.02 Å². The van der Waals surface area contributed by atoms with Crippen LogP contribution in [0.5, 0.6) is 0 Å². The highest BCUT2D eigenvalue weighted by Crippen LogP contribution is 2.24. The summed E-state index contributed by atoms with van der Waals surface area (Å²) in [5.74, 6) is -1.47. The highest BCUT2D eigenvalue weighted by Gasteiger charge is 2.33. The van der Waals surface area contributed by atoms with E-state index in [0.717, 1.165) is 0 Å². The summed E-state index contributed by atoms with van der Waals surface area (Å²) in [5.41, 5.74) is 0.0525. The third kappa shape index (κ3) is 0.816. The fourth-order valence-electron chi connectivity index (χ4n) is 0.971. The van der Waals surface area contributed by atoms with Gasteiger partial charge in [0.2, 0.25) is 0 Å². The van der Waals surface area contributed by atoms with Crippen molar-refractivity contribution in [2.45, 2.75) is 0 Å². The predicted octanol–water partition coefficient (Wildman–Crippen LogP) is 1.05. The first-order valence-electron chi connectivity index (χ1n) is 3.11. The van der Waals surface area contributed by atoms with Crippen LogP contribution >= 0.6 is 11.6 Å². The van der Waals surface area contributed by atoms with Gasteiger partial charge in [0.15, 0.2) is 5.69 Å². The van der Waals surface area contributed by atoms with Gasteiger partial charge >= 0.3 is 11.9 Å². The van der Waals surface area contributed by atoms with Crippen molar-refractivity contribution in [3.05, 3.63) is 28.5 Å². The standard InChI is InChI=1S/C7H2ClNO3/c8-3-1-2-9-5-4(3)6(10)12-7(5)11/h1-2H. The first kappa shape index (κ1) is 7.24. The number of hydrogen-bond donors (Lipinski definition) is 0. The molecule has 0 radical (unpaired) electrons. The Kier molecular flexibility index (Phi) is 1.38. The fraction of sp³-hybridized carbons (Fsp3) is 0.